The van der Waals surface area contributed by atoms with Crippen LogP contribution in [0.15, 0.2) is 54.1 Å². The van der Waals surface area contributed by atoms with Gasteiger partial charge in [0.05, 0.1) is 19.3 Å². The van der Waals surface area contributed by atoms with Gasteiger partial charge in [0.25, 0.3) is 0 Å². The van der Waals surface area contributed by atoms with Gasteiger partial charge in [-0.1, -0.05) is 29.8 Å². The number of hydrogen-bond acceptors (Lipinski definition) is 6. The van der Waals surface area contributed by atoms with Crippen LogP contribution in [0.1, 0.15) is 27.9 Å². The zero-order valence-corrected chi connectivity index (χ0v) is 15.8. The number of ether oxygens (including phenoxy) is 3. The van der Waals surface area contributed by atoms with Gasteiger partial charge >= 0.3 is 11.9 Å². The van der Waals surface area contributed by atoms with Crippen LogP contribution in [0.25, 0.3) is 6.08 Å². The van der Waals surface area contributed by atoms with Gasteiger partial charge in [-0.3, -0.25) is 0 Å². The van der Waals surface area contributed by atoms with Crippen molar-refractivity contribution >= 4 is 18.0 Å². The predicted molar refractivity (Wildman–Crippen MR) is 103 cm³/mol. The van der Waals surface area contributed by atoms with Crippen molar-refractivity contribution in [1.82, 2.24) is 0 Å². The summed E-state index contributed by atoms with van der Waals surface area (Å²) in [5.41, 5.74) is 1.37. The van der Waals surface area contributed by atoms with Crippen LogP contribution in [-0.2, 0) is 14.3 Å². The minimum atomic E-state index is -1.27. The summed E-state index contributed by atoms with van der Waals surface area (Å²) in [4.78, 5) is 24.5. The van der Waals surface area contributed by atoms with Crippen LogP contribution in [0.3, 0.4) is 0 Å². The molecule has 0 aliphatic carbocycles. The van der Waals surface area contributed by atoms with Gasteiger partial charge in [-0.15, -0.1) is 0 Å². The first-order valence-electron chi connectivity index (χ1n) is 8.87. The summed E-state index contributed by atoms with van der Waals surface area (Å²) in [5, 5.41) is 9.79. The maximum Gasteiger partial charge on any atom is 0.338 e. The Hall–Kier alpha value is -3.12. The predicted octanol–water partition coefficient (Wildman–Crippen LogP) is 2.92. The third kappa shape index (κ3) is 4.40. The largest absolute Gasteiger partial charge is 0.497 e. The van der Waals surface area contributed by atoms with Crippen molar-refractivity contribution in [2.45, 2.75) is 18.9 Å². The van der Waals surface area contributed by atoms with Crippen LogP contribution in [0.2, 0.25) is 0 Å². The number of cyclic esters (lactones) is 1. The number of aryl methyl sites for hydroxylation is 1. The summed E-state index contributed by atoms with van der Waals surface area (Å²) in [5.74, 6) is -0.350. The van der Waals surface area contributed by atoms with Crippen LogP contribution in [0, 0.1) is 6.92 Å². The van der Waals surface area contributed by atoms with Crippen LogP contribution >= 0.6 is 0 Å². The molecule has 0 amide bonds. The number of carbonyl (C=O) groups is 2. The second kappa shape index (κ2) is 8.27. The number of aliphatic hydroxyl groups is 1. The highest BCUT2D eigenvalue weighted by molar-refractivity contribution is 5.96. The normalized spacial score (nSPS) is 20.1. The fraction of sp³-hybridized carbons (Fsp3) is 0.273. The van der Waals surface area contributed by atoms with Crippen molar-refractivity contribution in [1.29, 1.82) is 0 Å². The molecule has 146 valence electrons. The first-order valence-corrected chi connectivity index (χ1v) is 8.87. The molecule has 1 fully saturated rings. The van der Waals surface area contributed by atoms with E-state index in [-0.39, 0.29) is 13.0 Å². The molecule has 0 bridgehead atoms. The van der Waals surface area contributed by atoms with Gasteiger partial charge in [0.1, 0.15) is 12.4 Å². The number of rotatable bonds is 6. The molecule has 1 aliphatic heterocycles. The van der Waals surface area contributed by atoms with Gasteiger partial charge < -0.3 is 19.3 Å². The SMILES string of the molecule is COc1ccc(/C=C2/CC(CO)(COC(=O)c3ccc(C)cc3)OC2=O)cc1. The molecule has 1 unspecified atom stereocenters. The van der Waals surface area contributed by atoms with Crippen molar-refractivity contribution < 1.29 is 28.9 Å². The molecular formula is C22H22O6. The summed E-state index contributed by atoms with van der Waals surface area (Å²) >= 11 is 0. The molecule has 6 heteroatoms. The molecule has 1 aliphatic rings. The lowest BCUT2D eigenvalue weighted by molar-refractivity contribution is -0.154. The number of esters is 2. The Bertz CT molecular complexity index is 882. The minimum Gasteiger partial charge on any atom is -0.497 e. The molecule has 3 rings (SSSR count). The molecule has 1 atom stereocenters. The van der Waals surface area contributed by atoms with Crippen LogP contribution < -0.4 is 4.74 Å². The van der Waals surface area contributed by atoms with Gasteiger partial charge in [-0.05, 0) is 42.8 Å². The molecule has 6 nitrogen and oxygen atoms in total. The smallest absolute Gasteiger partial charge is 0.338 e. The number of benzene rings is 2. The van der Waals surface area contributed by atoms with E-state index < -0.39 is 24.1 Å². The molecule has 1 N–H and O–H groups in total. The molecule has 0 saturated carbocycles. The molecule has 2 aromatic rings. The van der Waals surface area contributed by atoms with E-state index in [0.29, 0.717) is 16.9 Å². The van der Waals surface area contributed by atoms with Crippen molar-refractivity contribution in [2.75, 3.05) is 20.3 Å². The zero-order valence-electron chi connectivity index (χ0n) is 15.8. The van der Waals surface area contributed by atoms with E-state index >= 15 is 0 Å². The number of carbonyl (C=O) groups excluding carboxylic acids is 2. The summed E-state index contributed by atoms with van der Waals surface area (Å²) in [6, 6.07) is 14.2. The van der Waals surface area contributed by atoms with Gasteiger partial charge in [-0.2, -0.15) is 0 Å². The lowest BCUT2D eigenvalue weighted by atomic mass is 9.98. The monoisotopic (exact) mass is 382 g/mol. The van der Waals surface area contributed by atoms with E-state index in [1.165, 1.54) is 0 Å². The molecule has 1 saturated heterocycles. The molecule has 0 aromatic heterocycles. The number of aliphatic hydroxyl groups excluding tert-OH is 1. The molecule has 28 heavy (non-hydrogen) atoms. The van der Waals surface area contributed by atoms with Gasteiger partial charge in [-0.25, -0.2) is 9.59 Å². The molecular weight excluding hydrogens is 360 g/mol. The molecule has 0 spiro atoms. The van der Waals surface area contributed by atoms with E-state index in [0.717, 1.165) is 11.1 Å². The van der Waals surface area contributed by atoms with Crippen molar-refractivity contribution in [3.63, 3.8) is 0 Å². The third-order valence-corrected chi connectivity index (χ3v) is 4.58. The fourth-order valence-electron chi connectivity index (χ4n) is 2.91. The summed E-state index contributed by atoms with van der Waals surface area (Å²) in [7, 11) is 1.58. The standard InChI is InChI=1S/C22H22O6/c1-15-3-7-17(8-4-15)20(24)27-14-22(13-23)12-18(21(25)28-22)11-16-5-9-19(26-2)10-6-16/h3-11,23H,12-14H2,1-2H3/b18-11-. The van der Waals surface area contributed by atoms with Gasteiger partial charge in [0, 0.05) is 12.0 Å². The zero-order chi connectivity index (χ0) is 20.1. The van der Waals surface area contributed by atoms with E-state index in [1.54, 1.807) is 37.5 Å². The highest BCUT2D eigenvalue weighted by Gasteiger charge is 2.44. The van der Waals surface area contributed by atoms with Gasteiger partial charge in [0.15, 0.2) is 5.60 Å². The Kier molecular flexibility index (Phi) is 5.80. The summed E-state index contributed by atoms with van der Waals surface area (Å²) in [6.07, 6.45) is 1.84. The van der Waals surface area contributed by atoms with Gasteiger partial charge in [0.2, 0.25) is 0 Å². The third-order valence-electron chi connectivity index (χ3n) is 4.58. The second-order valence-corrected chi connectivity index (χ2v) is 6.79. The maximum absolute atomic E-state index is 12.3. The van der Waals surface area contributed by atoms with Crippen molar-refractivity contribution in [3.05, 3.63) is 70.8 Å². The first-order chi connectivity index (χ1) is 13.4. The number of methoxy groups -OCH3 is 1. The van der Waals surface area contributed by atoms with E-state index in [2.05, 4.69) is 0 Å². The van der Waals surface area contributed by atoms with E-state index in [9.17, 15) is 14.7 Å². The first kappa shape index (κ1) is 19.6. The minimum absolute atomic E-state index is 0.148. The quantitative estimate of drug-likeness (QED) is 0.611. The van der Waals surface area contributed by atoms with Crippen molar-refractivity contribution in [2.24, 2.45) is 0 Å². The lowest BCUT2D eigenvalue weighted by Crippen LogP contribution is -2.39. The van der Waals surface area contributed by atoms with E-state index in [1.807, 2.05) is 31.2 Å². The van der Waals surface area contributed by atoms with Crippen molar-refractivity contribution in [3.8, 4) is 5.75 Å². The van der Waals surface area contributed by atoms with Crippen LogP contribution in [0.4, 0.5) is 0 Å². The average Bonchev–Trinajstić information content (AvgIpc) is 3.03. The highest BCUT2D eigenvalue weighted by atomic mass is 16.6. The number of hydrogen-bond donors (Lipinski definition) is 1. The fourth-order valence-corrected chi connectivity index (χ4v) is 2.91. The molecule has 2 aromatic carbocycles. The summed E-state index contributed by atoms with van der Waals surface area (Å²) in [6.45, 7) is 1.26. The maximum atomic E-state index is 12.3. The van der Waals surface area contributed by atoms with E-state index in [4.69, 9.17) is 14.2 Å². The Morgan fingerprint density at radius 1 is 1.18 bits per heavy atom. The average molecular weight is 382 g/mol. The van der Waals surface area contributed by atoms with Crippen LogP contribution in [-0.4, -0.2) is 43.0 Å². The topological polar surface area (TPSA) is 82.1 Å². The molecule has 1 heterocycles. The Morgan fingerprint density at radius 3 is 2.46 bits per heavy atom. The second-order valence-electron chi connectivity index (χ2n) is 6.79. The van der Waals surface area contributed by atoms with Crippen LogP contribution in [0.5, 0.6) is 5.75 Å². The summed E-state index contributed by atoms with van der Waals surface area (Å²) < 4.78 is 15.8. The Balaban J connectivity index is 1.69. The Morgan fingerprint density at radius 2 is 1.86 bits per heavy atom. The highest BCUT2D eigenvalue weighted by Crippen LogP contribution is 2.32. The lowest BCUT2D eigenvalue weighted by Gasteiger charge is -2.24. The molecule has 0 radical (unpaired) electrons. The Labute approximate surface area is 163 Å².